The van der Waals surface area contributed by atoms with Crippen LogP contribution in [0.4, 0.5) is 17.6 Å². The van der Waals surface area contributed by atoms with Gasteiger partial charge in [0.25, 0.3) is 0 Å². The summed E-state index contributed by atoms with van der Waals surface area (Å²) in [5.41, 5.74) is 2.49. The molecule has 1 aromatic carbocycles. The Hall–Kier alpha value is -5.06. The van der Waals surface area contributed by atoms with Gasteiger partial charge in [-0.1, -0.05) is 41.5 Å². The molecule has 2 aliphatic rings. The summed E-state index contributed by atoms with van der Waals surface area (Å²) in [6.45, 7) is 13.3. The van der Waals surface area contributed by atoms with Crippen molar-refractivity contribution in [1.29, 1.82) is 0 Å². The van der Waals surface area contributed by atoms with E-state index in [2.05, 4.69) is 85.0 Å². The minimum Gasteiger partial charge on any atom is -0.454 e. The van der Waals surface area contributed by atoms with E-state index in [0.29, 0.717) is 45.7 Å². The zero-order valence-electron chi connectivity index (χ0n) is 33.0. The molecule has 2 aliphatic carbocycles. The second kappa shape index (κ2) is 19.2. The normalized spacial score (nSPS) is 16.7. The highest BCUT2D eigenvalue weighted by Crippen LogP contribution is 2.38. The average molecular weight is 783 g/mol. The Morgan fingerprint density at radius 1 is 0.679 bits per heavy atom. The van der Waals surface area contributed by atoms with Crippen molar-refractivity contribution < 1.29 is 36.0 Å². The van der Waals surface area contributed by atoms with Crippen LogP contribution in [0.3, 0.4) is 0 Å². The topological polar surface area (TPSA) is 142 Å². The van der Waals surface area contributed by atoms with Crippen LogP contribution < -0.4 is 10.6 Å². The number of hydrogen-bond donors (Lipinski definition) is 4. The molecule has 4 heterocycles. The van der Waals surface area contributed by atoms with Gasteiger partial charge in [0.1, 0.15) is 34.2 Å². The maximum atomic E-state index is 13.4. The number of furan rings is 2. The number of H-pyrrole nitrogens is 2. The number of aromatic amines is 2. The molecule has 2 saturated carbocycles. The van der Waals surface area contributed by atoms with Crippen molar-refractivity contribution in [2.45, 2.75) is 118 Å². The van der Waals surface area contributed by atoms with E-state index in [-0.39, 0.29) is 76.3 Å². The van der Waals surface area contributed by atoms with Crippen LogP contribution in [-0.4, -0.2) is 43.6 Å². The molecule has 0 spiro atoms. The summed E-state index contributed by atoms with van der Waals surface area (Å²) in [7, 11) is 0. The highest BCUT2D eigenvalue weighted by Gasteiger charge is 2.38. The first kappa shape index (κ1) is 43.7. The third kappa shape index (κ3) is 12.5. The zero-order chi connectivity index (χ0) is 41.2. The van der Waals surface area contributed by atoms with E-state index in [9.17, 15) is 27.2 Å². The van der Waals surface area contributed by atoms with E-state index in [4.69, 9.17) is 8.83 Å². The van der Waals surface area contributed by atoms with Crippen molar-refractivity contribution in [2.24, 2.45) is 23.7 Å². The predicted octanol–water partition coefficient (Wildman–Crippen LogP) is 10.4. The molecule has 304 valence electrons. The summed E-state index contributed by atoms with van der Waals surface area (Å²) in [5, 5.41) is 7.17. The van der Waals surface area contributed by atoms with Crippen molar-refractivity contribution in [2.75, 3.05) is 0 Å². The van der Waals surface area contributed by atoms with Gasteiger partial charge in [-0.05, 0) is 61.8 Å². The number of nitrogens with one attached hydrogen (secondary N) is 4. The summed E-state index contributed by atoms with van der Waals surface area (Å²) in [6.07, 6.45) is 10.8. The van der Waals surface area contributed by atoms with Crippen LogP contribution in [0.1, 0.15) is 105 Å². The first-order chi connectivity index (χ1) is 26.5. The maximum absolute atomic E-state index is 13.4. The van der Waals surface area contributed by atoms with Crippen LogP contribution in [-0.2, 0) is 22.7 Å². The molecule has 0 unspecified atom stereocenters. The van der Waals surface area contributed by atoms with E-state index in [1.54, 1.807) is 12.4 Å². The molecule has 0 radical (unpaired) electrons. The minimum absolute atomic E-state index is 0.144. The number of nitrogens with zero attached hydrogens (tertiary/aromatic N) is 2. The lowest BCUT2D eigenvalue weighted by atomic mass is 9.86. The number of hydrogen-bond acceptors (Lipinski definition) is 6. The molecule has 4 aromatic heterocycles. The quantitative estimate of drug-likeness (QED) is 0.0912. The van der Waals surface area contributed by atoms with Crippen LogP contribution in [0.5, 0.6) is 0 Å². The fourth-order valence-electron chi connectivity index (χ4n) is 6.23. The minimum atomic E-state index is -2.68. The second-order valence-corrected chi connectivity index (χ2v) is 15.8. The highest BCUT2D eigenvalue weighted by molar-refractivity contribution is 5.96. The monoisotopic (exact) mass is 782 g/mol. The van der Waals surface area contributed by atoms with E-state index < -0.39 is 23.7 Å². The Kier molecular flexibility index (Phi) is 15.0. The number of alkyl halides is 4. The first-order valence-electron chi connectivity index (χ1n) is 19.2. The third-order valence-corrected chi connectivity index (χ3v) is 8.98. The number of fused-ring (bicyclic) bond motifs is 2. The van der Waals surface area contributed by atoms with E-state index in [1.807, 2.05) is 24.3 Å². The number of aromatic nitrogens is 4. The van der Waals surface area contributed by atoms with Crippen molar-refractivity contribution in [1.82, 2.24) is 30.6 Å². The lowest BCUT2D eigenvalue weighted by Gasteiger charge is -2.27. The summed E-state index contributed by atoms with van der Waals surface area (Å²) >= 11 is 0. The number of rotatable bonds is 8. The lowest BCUT2D eigenvalue weighted by molar-refractivity contribution is -0.130. The Bertz CT molecular complexity index is 1840. The summed E-state index contributed by atoms with van der Waals surface area (Å²) in [6, 6.07) is 7.41. The van der Waals surface area contributed by atoms with Crippen LogP contribution in [0.25, 0.3) is 44.8 Å². The average Bonchev–Trinajstić information content (AvgIpc) is 3.95. The third-order valence-electron chi connectivity index (χ3n) is 8.98. The number of benzene rings is 1. The number of imidazole rings is 2. The SMILES string of the molecule is C#C.CC(C)C.CC(C)C.O=C(NCc1ncc(-c2cc3cc4oc(-c5cnc(CNC(=O)C6CCC(F)(F)CC6)[nH]5)cc4cc3o2)[nH]1)C1CCC(F)(F)CC1. The summed E-state index contributed by atoms with van der Waals surface area (Å²) in [4.78, 5) is 39.8. The highest BCUT2D eigenvalue weighted by atomic mass is 19.3. The molecular formula is C42H54F4N6O4. The van der Waals surface area contributed by atoms with E-state index in [0.717, 1.165) is 22.6 Å². The van der Waals surface area contributed by atoms with Gasteiger partial charge in [-0.15, -0.1) is 12.8 Å². The van der Waals surface area contributed by atoms with Crippen LogP contribution in [0.2, 0.25) is 0 Å². The van der Waals surface area contributed by atoms with Crippen LogP contribution in [0, 0.1) is 36.5 Å². The number of terminal acetylenes is 1. The Balaban J connectivity index is 0.000000629. The van der Waals surface area contributed by atoms with Gasteiger partial charge in [0.2, 0.25) is 23.7 Å². The van der Waals surface area contributed by atoms with Crippen molar-refractivity contribution in [3.05, 3.63) is 48.3 Å². The van der Waals surface area contributed by atoms with Gasteiger partial charge in [-0.3, -0.25) is 9.59 Å². The fraction of sp³-hybridized carbons (Fsp3) is 0.524. The molecule has 2 fully saturated rings. The molecule has 4 N–H and O–H groups in total. The van der Waals surface area contributed by atoms with Gasteiger partial charge in [0.15, 0.2) is 11.5 Å². The molecule has 14 heteroatoms. The van der Waals surface area contributed by atoms with Crippen molar-refractivity contribution >= 4 is 33.8 Å². The molecular weight excluding hydrogens is 728 g/mol. The first-order valence-corrected chi connectivity index (χ1v) is 19.2. The van der Waals surface area contributed by atoms with Gasteiger partial charge < -0.3 is 29.4 Å². The predicted molar refractivity (Wildman–Crippen MR) is 210 cm³/mol. The summed E-state index contributed by atoms with van der Waals surface area (Å²) < 4.78 is 65.8. The Labute approximate surface area is 325 Å². The summed E-state index contributed by atoms with van der Waals surface area (Å²) in [5.74, 6) is -2.90. The molecule has 0 atom stereocenters. The fourth-order valence-corrected chi connectivity index (χ4v) is 6.23. The van der Waals surface area contributed by atoms with Crippen LogP contribution in [0.15, 0.2) is 45.5 Å². The number of amides is 2. The lowest BCUT2D eigenvalue weighted by Crippen LogP contribution is -2.35. The Morgan fingerprint density at radius 2 is 1.00 bits per heavy atom. The molecule has 0 bridgehead atoms. The van der Waals surface area contributed by atoms with Gasteiger partial charge in [0, 0.05) is 48.3 Å². The largest absolute Gasteiger partial charge is 0.454 e. The smallest absolute Gasteiger partial charge is 0.248 e. The standard InChI is InChI=1S/C32H32F4N6O4.2C4H10.C2H2/c33-31(34)5-1-17(2-6-31)29(43)39-15-27-37-13-21(41-27)25-11-19-9-24-20(10-23(19)45-25)12-26(46-24)22-14-38-28(42-22)16-40-30(44)18-3-7-32(35,36)8-4-18;2*1-4(2)3;1-2/h9-14,17-18H,1-8,15-16H2,(H,37,41)(H,38,42)(H,39,43)(H,40,44);2*4H,1-3H3;1-2H. The van der Waals surface area contributed by atoms with Gasteiger partial charge >= 0.3 is 0 Å². The zero-order valence-corrected chi connectivity index (χ0v) is 33.0. The van der Waals surface area contributed by atoms with Crippen molar-refractivity contribution in [3.8, 4) is 35.8 Å². The maximum Gasteiger partial charge on any atom is 0.248 e. The van der Waals surface area contributed by atoms with E-state index >= 15 is 0 Å². The molecule has 56 heavy (non-hydrogen) atoms. The molecule has 2 amide bonds. The van der Waals surface area contributed by atoms with Crippen LogP contribution >= 0.6 is 0 Å². The van der Waals surface area contributed by atoms with Gasteiger partial charge in [-0.25, -0.2) is 27.5 Å². The van der Waals surface area contributed by atoms with Gasteiger partial charge in [-0.2, -0.15) is 0 Å². The molecule has 0 saturated heterocycles. The number of carbonyl (C=O) groups excluding carboxylic acids is 2. The molecule has 0 aliphatic heterocycles. The molecule has 7 rings (SSSR count). The number of carbonyl (C=O) groups is 2. The van der Waals surface area contributed by atoms with Crippen molar-refractivity contribution in [3.63, 3.8) is 0 Å². The molecule has 10 nitrogen and oxygen atoms in total. The second-order valence-electron chi connectivity index (χ2n) is 15.8. The number of halogens is 4. The van der Waals surface area contributed by atoms with E-state index in [1.165, 1.54) is 0 Å². The Morgan fingerprint density at radius 3 is 1.32 bits per heavy atom. The molecule has 5 aromatic rings. The van der Waals surface area contributed by atoms with Gasteiger partial charge in [0.05, 0.1) is 25.5 Å².